The van der Waals surface area contributed by atoms with Crippen LogP contribution in [0.5, 0.6) is 0 Å². The molecule has 9 heteroatoms. The van der Waals surface area contributed by atoms with Gasteiger partial charge in [0.1, 0.15) is 0 Å². The summed E-state index contributed by atoms with van der Waals surface area (Å²) < 4.78 is 45.7. The maximum Gasteiger partial charge on any atom is 0.232 e. The lowest BCUT2D eigenvalue weighted by molar-refractivity contribution is 0.277. The van der Waals surface area contributed by atoms with Gasteiger partial charge in [0.15, 0.2) is 0 Å². The standard InChI is InChI=1S/C15H20N2O2S.C3H7ClO2S/c1-2-12-20(18,19)17-10-8-15(13-16,9-11-17)14-6-4-3-5-7-14;1-2-3-7(4,5)6/h3-7H,2,8-12H2,1H3;2-3H2,1H3. The van der Waals surface area contributed by atoms with Crippen molar-refractivity contribution in [1.82, 2.24) is 4.31 Å². The first-order valence-electron chi connectivity index (χ1n) is 8.97. The topological polar surface area (TPSA) is 95.3 Å². The van der Waals surface area contributed by atoms with E-state index in [0.717, 1.165) is 5.56 Å². The van der Waals surface area contributed by atoms with E-state index in [-0.39, 0.29) is 11.5 Å². The Morgan fingerprint density at radius 3 is 1.93 bits per heavy atom. The maximum atomic E-state index is 12.1. The van der Waals surface area contributed by atoms with E-state index in [9.17, 15) is 22.1 Å². The number of sulfonamides is 1. The van der Waals surface area contributed by atoms with Gasteiger partial charge in [-0.1, -0.05) is 44.2 Å². The second-order valence-corrected chi connectivity index (χ2v) is 11.5. The van der Waals surface area contributed by atoms with E-state index >= 15 is 0 Å². The van der Waals surface area contributed by atoms with E-state index in [1.54, 1.807) is 6.92 Å². The van der Waals surface area contributed by atoms with Gasteiger partial charge in [-0.2, -0.15) is 5.26 Å². The number of nitriles is 1. The molecule has 0 saturated carbocycles. The minimum Gasteiger partial charge on any atom is -0.212 e. The normalized spacial score (nSPS) is 17.4. The van der Waals surface area contributed by atoms with Crippen molar-refractivity contribution in [2.24, 2.45) is 0 Å². The second-order valence-electron chi connectivity index (χ2n) is 6.52. The summed E-state index contributed by atoms with van der Waals surface area (Å²) in [6.45, 7) is 4.50. The van der Waals surface area contributed by atoms with Crippen molar-refractivity contribution in [2.75, 3.05) is 24.6 Å². The summed E-state index contributed by atoms with van der Waals surface area (Å²) in [5.74, 6) is 0.270. The van der Waals surface area contributed by atoms with Crippen molar-refractivity contribution in [3.63, 3.8) is 0 Å². The fourth-order valence-corrected chi connectivity index (χ4v) is 5.46. The summed E-state index contributed by atoms with van der Waals surface area (Å²) in [6, 6.07) is 12.1. The summed E-state index contributed by atoms with van der Waals surface area (Å²) in [5, 5.41) is 9.57. The average molecular weight is 435 g/mol. The molecule has 1 aromatic carbocycles. The van der Waals surface area contributed by atoms with Crippen molar-refractivity contribution in [2.45, 2.75) is 44.9 Å². The van der Waals surface area contributed by atoms with Gasteiger partial charge in [-0.05, 0) is 31.2 Å². The Morgan fingerprint density at radius 1 is 1.04 bits per heavy atom. The summed E-state index contributed by atoms with van der Waals surface area (Å²) >= 11 is 0. The van der Waals surface area contributed by atoms with E-state index in [2.05, 4.69) is 6.07 Å². The zero-order chi connectivity index (χ0) is 20.6. The molecule has 27 heavy (non-hydrogen) atoms. The van der Waals surface area contributed by atoms with Crippen LogP contribution in [0.1, 0.15) is 45.1 Å². The molecule has 1 heterocycles. The van der Waals surface area contributed by atoms with Crippen LogP contribution in [0.2, 0.25) is 0 Å². The lowest BCUT2D eigenvalue weighted by Crippen LogP contribution is -2.45. The lowest BCUT2D eigenvalue weighted by atomic mass is 9.74. The molecule has 1 aliphatic heterocycles. The predicted octanol–water partition coefficient (Wildman–Crippen LogP) is 3.25. The first kappa shape index (κ1) is 23.9. The molecule has 152 valence electrons. The second kappa shape index (κ2) is 10.4. The Labute approximate surface area is 167 Å². The molecule has 0 spiro atoms. The van der Waals surface area contributed by atoms with E-state index in [0.29, 0.717) is 38.8 Å². The van der Waals surface area contributed by atoms with Crippen molar-refractivity contribution >= 4 is 29.8 Å². The monoisotopic (exact) mass is 434 g/mol. The minimum absolute atomic E-state index is 0.0779. The molecule has 1 aliphatic rings. The molecule has 1 fully saturated rings. The SMILES string of the molecule is CCCS(=O)(=O)Cl.CCCS(=O)(=O)N1CCC(C#N)(c2ccccc2)CC1. The zero-order valence-corrected chi connectivity index (χ0v) is 18.2. The van der Waals surface area contributed by atoms with Crippen LogP contribution in [0, 0.1) is 11.3 Å². The predicted molar refractivity (Wildman–Crippen MR) is 109 cm³/mol. The van der Waals surface area contributed by atoms with Crippen molar-refractivity contribution in [3.05, 3.63) is 35.9 Å². The Hall–Kier alpha value is -1.14. The quantitative estimate of drug-likeness (QED) is 0.640. The third kappa shape index (κ3) is 7.41. The van der Waals surface area contributed by atoms with E-state index in [4.69, 9.17) is 10.7 Å². The molecule has 1 aromatic rings. The fraction of sp³-hybridized carbons (Fsp3) is 0.611. The summed E-state index contributed by atoms with van der Waals surface area (Å²) in [4.78, 5) is 0. The number of halogens is 1. The van der Waals surface area contributed by atoms with E-state index in [1.165, 1.54) is 4.31 Å². The molecule has 0 aliphatic carbocycles. The van der Waals surface area contributed by atoms with Crippen LogP contribution in [0.3, 0.4) is 0 Å². The number of benzene rings is 1. The molecule has 0 unspecified atom stereocenters. The first-order valence-corrected chi connectivity index (χ1v) is 13.1. The van der Waals surface area contributed by atoms with Gasteiger partial charge in [0.2, 0.25) is 19.1 Å². The lowest BCUT2D eigenvalue weighted by Gasteiger charge is -2.36. The van der Waals surface area contributed by atoms with Gasteiger partial charge in [0, 0.05) is 23.8 Å². The van der Waals surface area contributed by atoms with Gasteiger partial charge in [-0.25, -0.2) is 21.1 Å². The van der Waals surface area contributed by atoms with E-state index in [1.807, 2.05) is 37.3 Å². The van der Waals surface area contributed by atoms with Gasteiger partial charge in [0.25, 0.3) is 0 Å². The highest BCUT2D eigenvalue weighted by Gasteiger charge is 2.39. The van der Waals surface area contributed by atoms with E-state index < -0.39 is 24.5 Å². The molecule has 6 nitrogen and oxygen atoms in total. The molecule has 0 aromatic heterocycles. The van der Waals surface area contributed by atoms with Crippen LogP contribution in [0.15, 0.2) is 30.3 Å². The van der Waals surface area contributed by atoms with Crippen molar-refractivity contribution < 1.29 is 16.8 Å². The molecule has 0 amide bonds. The Morgan fingerprint density at radius 2 is 1.56 bits per heavy atom. The number of piperidine rings is 1. The van der Waals surface area contributed by atoms with Crippen LogP contribution in [0.25, 0.3) is 0 Å². The van der Waals surface area contributed by atoms with Crippen molar-refractivity contribution in [3.8, 4) is 6.07 Å². The van der Waals surface area contributed by atoms with Gasteiger partial charge in [-0.3, -0.25) is 0 Å². The summed E-state index contributed by atoms with van der Waals surface area (Å²) in [6.07, 6.45) is 2.35. The highest BCUT2D eigenvalue weighted by atomic mass is 35.7. The third-order valence-corrected chi connectivity index (χ3v) is 7.85. The van der Waals surface area contributed by atoms with Crippen LogP contribution in [0.4, 0.5) is 0 Å². The van der Waals surface area contributed by atoms with Gasteiger partial charge >= 0.3 is 0 Å². The van der Waals surface area contributed by atoms with Gasteiger partial charge in [0.05, 0.1) is 23.0 Å². The Balaban J connectivity index is 0.000000445. The van der Waals surface area contributed by atoms with Crippen LogP contribution < -0.4 is 0 Å². The zero-order valence-electron chi connectivity index (χ0n) is 15.8. The number of rotatable bonds is 6. The first-order chi connectivity index (χ1) is 12.6. The molecule has 1 saturated heterocycles. The molecule has 0 N–H and O–H groups in total. The molecule has 0 atom stereocenters. The molecular formula is C18H27ClN2O4S2. The minimum atomic E-state index is -3.20. The largest absolute Gasteiger partial charge is 0.232 e. The van der Waals surface area contributed by atoms with Crippen LogP contribution >= 0.6 is 10.7 Å². The molecule has 2 rings (SSSR count). The van der Waals surface area contributed by atoms with Gasteiger partial charge < -0.3 is 0 Å². The molecular weight excluding hydrogens is 408 g/mol. The smallest absolute Gasteiger partial charge is 0.212 e. The number of hydrogen-bond acceptors (Lipinski definition) is 5. The van der Waals surface area contributed by atoms with Crippen LogP contribution in [-0.2, 0) is 24.5 Å². The fourth-order valence-electron chi connectivity index (χ4n) is 3.00. The van der Waals surface area contributed by atoms with Gasteiger partial charge in [-0.15, -0.1) is 0 Å². The highest BCUT2D eigenvalue weighted by Crippen LogP contribution is 2.35. The Kier molecular flexibility index (Phi) is 9.22. The maximum absolute atomic E-state index is 12.1. The Bertz CT molecular complexity index is 826. The average Bonchev–Trinajstić information content (AvgIpc) is 2.62. The summed E-state index contributed by atoms with van der Waals surface area (Å²) in [7, 11) is -1.55. The van der Waals surface area contributed by atoms with Crippen molar-refractivity contribution in [1.29, 1.82) is 5.26 Å². The highest BCUT2D eigenvalue weighted by molar-refractivity contribution is 8.13. The summed E-state index contributed by atoms with van der Waals surface area (Å²) in [5.41, 5.74) is 0.453. The number of nitrogens with zero attached hydrogens (tertiary/aromatic N) is 2. The molecule has 0 bridgehead atoms. The third-order valence-electron chi connectivity index (χ3n) is 4.42. The van der Waals surface area contributed by atoms with Crippen LogP contribution in [-0.4, -0.2) is 45.7 Å². The number of hydrogen-bond donors (Lipinski definition) is 0. The molecule has 0 radical (unpaired) electrons.